The van der Waals surface area contributed by atoms with Gasteiger partial charge in [0.2, 0.25) is 0 Å². The summed E-state index contributed by atoms with van der Waals surface area (Å²) in [6, 6.07) is 0. The molecule has 0 amide bonds. The normalized spacial score (nSPS) is 5.14. The van der Waals surface area contributed by atoms with Crippen molar-refractivity contribution in [2.75, 3.05) is 0 Å². The number of carboxylic acid groups (broad SMARTS) is 6. The SMILES string of the molecule is O=C(O)O.O=C([O-])[O-].O=C([O-])[O-].[Ba+2].[Sr+2]. The molecule has 0 aromatic carbocycles. The van der Waals surface area contributed by atoms with Crippen LogP contribution in [-0.4, -0.2) is 123 Å². The van der Waals surface area contributed by atoms with Crippen LogP contribution in [0.5, 0.6) is 0 Å². The van der Waals surface area contributed by atoms with Crippen LogP contribution in [0.2, 0.25) is 0 Å². The van der Waals surface area contributed by atoms with Gasteiger partial charge < -0.3 is 40.2 Å². The molecule has 0 saturated heterocycles. The number of rotatable bonds is 0. The Hall–Kier alpha value is 0.862. The van der Waals surface area contributed by atoms with Crippen LogP contribution < -0.4 is 20.4 Å². The van der Waals surface area contributed by atoms with Crippen LogP contribution in [0.25, 0.3) is 0 Å². The first kappa shape index (κ1) is 29.4. The maximum absolute atomic E-state index is 8.56. The third kappa shape index (κ3) is 2440. The minimum absolute atomic E-state index is 0. The van der Waals surface area contributed by atoms with E-state index in [2.05, 4.69) is 0 Å². The smallest absolute Gasteiger partial charge is 0.652 e. The van der Waals surface area contributed by atoms with Gasteiger partial charge in [-0.05, 0) is 12.3 Å². The van der Waals surface area contributed by atoms with E-state index in [0.29, 0.717) is 0 Å². The van der Waals surface area contributed by atoms with E-state index in [1.165, 1.54) is 0 Å². The second-order valence-corrected chi connectivity index (χ2v) is 0.783. The maximum atomic E-state index is 8.56. The molecule has 0 fully saturated rings. The van der Waals surface area contributed by atoms with E-state index >= 15 is 0 Å². The minimum atomic E-state index is -2.33. The predicted molar refractivity (Wildman–Crippen MR) is 33.0 cm³/mol. The Balaban J connectivity index is -0.0000000270. The Morgan fingerprint density at radius 3 is 0.786 bits per heavy atom. The molecule has 0 radical (unpaired) electrons. The zero-order valence-corrected chi connectivity index (χ0v) is 14.6. The largest absolute Gasteiger partial charge is 2.00 e. The van der Waals surface area contributed by atoms with Gasteiger partial charge in [-0.15, -0.1) is 0 Å². The van der Waals surface area contributed by atoms with Crippen molar-refractivity contribution in [3.8, 4) is 0 Å². The van der Waals surface area contributed by atoms with E-state index in [-0.39, 0.29) is 94.4 Å². The summed E-state index contributed by atoms with van der Waals surface area (Å²) in [5.74, 6) is 0. The van der Waals surface area contributed by atoms with E-state index in [9.17, 15) is 0 Å². The van der Waals surface area contributed by atoms with Crippen LogP contribution in [0.4, 0.5) is 14.4 Å². The molecule has 0 aliphatic heterocycles. The standard InChI is InChI=1S/3CH2O3.Ba.Sr/c3*2-1(3)4;;/h3*(H2,2,3,4);;/q;;;2*+2/p-4. The van der Waals surface area contributed by atoms with Gasteiger partial charge in [0, 0.05) is 0 Å². The number of carbonyl (C=O) groups excluding carboxylic acids is 2. The topological polar surface area (TPSA) is 184 Å². The molecule has 0 heterocycles. The Bertz CT molecular complexity index is 118. The average Bonchev–Trinajstić information content (AvgIpc) is 1.54. The van der Waals surface area contributed by atoms with Gasteiger partial charge >= 0.3 is 101 Å². The van der Waals surface area contributed by atoms with Crippen LogP contribution in [-0.2, 0) is 0 Å². The van der Waals surface area contributed by atoms with E-state index in [4.69, 9.17) is 45.0 Å². The van der Waals surface area contributed by atoms with Crippen molar-refractivity contribution in [1.29, 1.82) is 0 Å². The fraction of sp³-hybridized carbons (Fsp3) is 0. The number of carbonyl (C=O) groups is 3. The monoisotopic (exact) mass is 408 g/mol. The van der Waals surface area contributed by atoms with Gasteiger partial charge in [0.1, 0.15) is 0 Å². The third-order valence-corrected chi connectivity index (χ3v) is 0. The van der Waals surface area contributed by atoms with Crippen LogP contribution >= 0.6 is 0 Å². The summed E-state index contributed by atoms with van der Waals surface area (Å²) in [4.78, 5) is 25.2. The molecule has 0 atom stereocenters. The Labute approximate surface area is 155 Å². The molecule has 0 bridgehead atoms. The Morgan fingerprint density at radius 2 is 0.786 bits per heavy atom. The molecule has 14 heavy (non-hydrogen) atoms. The first-order chi connectivity index (χ1) is 5.20. The quantitative estimate of drug-likeness (QED) is 0.370. The zero-order chi connectivity index (χ0) is 10.7. The first-order valence-corrected chi connectivity index (χ1v) is 1.88. The molecule has 0 aromatic rings. The molecule has 2 N–H and O–H groups in total. The molecule has 9 nitrogen and oxygen atoms in total. The first-order valence-electron chi connectivity index (χ1n) is 1.88. The van der Waals surface area contributed by atoms with Crippen LogP contribution in [0, 0.1) is 0 Å². The molecule has 0 aromatic heterocycles. The fourth-order valence-electron chi connectivity index (χ4n) is 0. The van der Waals surface area contributed by atoms with E-state index in [0.717, 1.165) is 0 Å². The average molecular weight is 407 g/mol. The van der Waals surface area contributed by atoms with Crippen molar-refractivity contribution >= 4 is 113 Å². The fourth-order valence-corrected chi connectivity index (χ4v) is 0. The second-order valence-electron chi connectivity index (χ2n) is 0.783. The van der Waals surface area contributed by atoms with Gasteiger partial charge in [-0.3, -0.25) is 0 Å². The van der Waals surface area contributed by atoms with Crippen molar-refractivity contribution in [2.45, 2.75) is 0 Å². The van der Waals surface area contributed by atoms with Gasteiger partial charge in [-0.25, -0.2) is 4.79 Å². The molecule has 0 rings (SSSR count). The summed E-state index contributed by atoms with van der Waals surface area (Å²) in [6.07, 6.45) is -6.50. The Kier molecular flexibility index (Phi) is 49.5. The van der Waals surface area contributed by atoms with Gasteiger partial charge in [-0.2, -0.15) is 0 Å². The summed E-state index contributed by atoms with van der Waals surface area (Å²) in [7, 11) is 0. The van der Waals surface area contributed by atoms with Gasteiger partial charge in [0.25, 0.3) is 0 Å². The molecule has 11 heteroatoms. The second kappa shape index (κ2) is 23.6. The van der Waals surface area contributed by atoms with E-state index in [1.54, 1.807) is 0 Å². The van der Waals surface area contributed by atoms with E-state index < -0.39 is 18.5 Å². The number of hydrogen-bond acceptors (Lipinski definition) is 7. The van der Waals surface area contributed by atoms with Crippen LogP contribution in [0.1, 0.15) is 0 Å². The molecule has 0 spiro atoms. The van der Waals surface area contributed by atoms with Gasteiger partial charge in [-0.1, -0.05) is 0 Å². The molecular formula is C3H2BaO9Sr. The molecule has 0 aliphatic rings. The molecule has 0 unspecified atom stereocenters. The van der Waals surface area contributed by atoms with Crippen LogP contribution in [0.15, 0.2) is 0 Å². The third-order valence-electron chi connectivity index (χ3n) is 0. The zero-order valence-electron chi connectivity index (χ0n) is 6.67. The van der Waals surface area contributed by atoms with Crippen molar-refractivity contribution < 1.29 is 45.0 Å². The maximum Gasteiger partial charge on any atom is 2.00 e. The van der Waals surface area contributed by atoms with Gasteiger partial charge in [0.05, 0.1) is 0 Å². The predicted octanol–water partition coefficient (Wildman–Crippen LogP) is -5.43. The molecule has 0 aliphatic carbocycles. The van der Waals surface area contributed by atoms with Crippen molar-refractivity contribution in [3.63, 3.8) is 0 Å². The summed E-state index contributed by atoms with van der Waals surface area (Å²) < 4.78 is 0. The van der Waals surface area contributed by atoms with Crippen molar-refractivity contribution in [3.05, 3.63) is 0 Å². The summed E-state index contributed by atoms with van der Waals surface area (Å²) in [5.41, 5.74) is 0. The Morgan fingerprint density at radius 1 is 0.786 bits per heavy atom. The van der Waals surface area contributed by atoms with Crippen LogP contribution in [0.3, 0.4) is 0 Å². The number of hydrogen-bond donors (Lipinski definition) is 2. The molecule has 72 valence electrons. The summed E-state index contributed by atoms with van der Waals surface area (Å²) >= 11 is 0. The summed E-state index contributed by atoms with van der Waals surface area (Å²) in [6.45, 7) is 0. The van der Waals surface area contributed by atoms with E-state index in [1.807, 2.05) is 0 Å². The minimum Gasteiger partial charge on any atom is -0.652 e. The summed E-state index contributed by atoms with van der Waals surface area (Å²) in [5, 5.41) is 47.3. The molecular weight excluding hydrogens is 405 g/mol. The molecule has 0 saturated carbocycles. The van der Waals surface area contributed by atoms with Crippen molar-refractivity contribution in [2.24, 2.45) is 0 Å². The van der Waals surface area contributed by atoms with Gasteiger partial charge in [0.15, 0.2) is 0 Å². The van der Waals surface area contributed by atoms with Crippen molar-refractivity contribution in [1.82, 2.24) is 0 Å².